The molecule has 1 aromatic carbocycles. The van der Waals surface area contributed by atoms with Gasteiger partial charge in [-0.15, -0.1) is 0 Å². The molecule has 22 heavy (non-hydrogen) atoms. The summed E-state index contributed by atoms with van der Waals surface area (Å²) in [5.41, 5.74) is 9.40. The Morgan fingerprint density at radius 1 is 1.32 bits per heavy atom. The highest BCUT2D eigenvalue weighted by Gasteiger charge is 2.12. The van der Waals surface area contributed by atoms with Crippen molar-refractivity contribution in [1.29, 1.82) is 0 Å². The van der Waals surface area contributed by atoms with Crippen molar-refractivity contribution in [2.24, 2.45) is 5.84 Å². The molecular weight excluding hydrogens is 282 g/mol. The molecule has 2 heterocycles. The van der Waals surface area contributed by atoms with Gasteiger partial charge in [0.2, 0.25) is 0 Å². The first-order valence-electron chi connectivity index (χ1n) is 6.95. The van der Waals surface area contributed by atoms with Gasteiger partial charge >= 0.3 is 5.91 Å². The third kappa shape index (κ3) is 3.09. The van der Waals surface area contributed by atoms with Crippen LogP contribution in [0, 0.1) is 0 Å². The summed E-state index contributed by atoms with van der Waals surface area (Å²) < 4.78 is 5.42. The van der Waals surface area contributed by atoms with Gasteiger partial charge in [0.15, 0.2) is 11.6 Å². The largest absolute Gasteiger partial charge is 0.451 e. The van der Waals surface area contributed by atoms with Crippen LogP contribution in [-0.4, -0.2) is 16.1 Å². The van der Waals surface area contributed by atoms with Crippen molar-refractivity contribution in [3.05, 3.63) is 36.1 Å². The number of nitrogen functional groups attached to an aromatic ring is 2. The number of nitrogens with one attached hydrogen (secondary N) is 2. The van der Waals surface area contributed by atoms with Gasteiger partial charge in [-0.1, -0.05) is 20.3 Å². The number of rotatable bonds is 2. The topological polar surface area (TPSA) is 123 Å². The van der Waals surface area contributed by atoms with Crippen molar-refractivity contribution >= 4 is 22.6 Å². The molecule has 0 aliphatic heterocycles. The van der Waals surface area contributed by atoms with E-state index in [1.165, 1.54) is 6.42 Å². The van der Waals surface area contributed by atoms with Crippen molar-refractivity contribution in [2.45, 2.75) is 20.3 Å². The quantitative estimate of drug-likeness (QED) is 0.329. The zero-order valence-electron chi connectivity index (χ0n) is 12.5. The third-order valence-electron chi connectivity index (χ3n) is 2.84. The Bertz CT molecular complexity index is 775. The monoisotopic (exact) mass is 301 g/mol. The van der Waals surface area contributed by atoms with Crippen molar-refractivity contribution in [1.82, 2.24) is 15.6 Å². The van der Waals surface area contributed by atoms with Crippen LogP contribution in [0.5, 0.6) is 0 Å². The molecule has 6 N–H and O–H groups in total. The summed E-state index contributed by atoms with van der Waals surface area (Å²) in [6, 6.07) is 8.79. The van der Waals surface area contributed by atoms with Gasteiger partial charge in [0, 0.05) is 10.9 Å². The number of hydrazine groups is 1. The summed E-state index contributed by atoms with van der Waals surface area (Å²) in [5, 5.41) is 7.54. The molecule has 7 heteroatoms. The molecule has 0 atom stereocenters. The zero-order valence-corrected chi connectivity index (χ0v) is 12.5. The molecule has 3 rings (SSSR count). The molecule has 0 unspecified atom stereocenters. The smallest absolute Gasteiger partial charge is 0.300 e. The number of nitrogens with two attached hydrogens (primary N) is 2. The predicted molar refractivity (Wildman–Crippen MR) is 85.8 cm³/mol. The van der Waals surface area contributed by atoms with E-state index in [0.717, 1.165) is 16.5 Å². The number of carbonyl (C=O) groups is 1. The van der Waals surface area contributed by atoms with Crippen molar-refractivity contribution < 1.29 is 9.21 Å². The summed E-state index contributed by atoms with van der Waals surface area (Å²) in [6.45, 7) is 4.25. The Labute approximate surface area is 127 Å². The number of aromatic nitrogens is 2. The normalized spacial score (nSPS) is 10.1. The van der Waals surface area contributed by atoms with Crippen LogP contribution in [0.1, 0.15) is 30.8 Å². The SMILES string of the molecule is CCC.NNC(=O)c1ccc(-c2ccc3[nH]nc(N)c3c2)o1. The van der Waals surface area contributed by atoms with Crippen LogP contribution in [0.2, 0.25) is 0 Å². The second kappa shape index (κ2) is 6.77. The number of benzene rings is 1. The molecule has 0 aliphatic carbocycles. The van der Waals surface area contributed by atoms with E-state index in [4.69, 9.17) is 16.0 Å². The fraction of sp³-hybridized carbons (Fsp3) is 0.200. The fourth-order valence-corrected chi connectivity index (χ4v) is 1.87. The molecule has 0 saturated carbocycles. The van der Waals surface area contributed by atoms with E-state index < -0.39 is 5.91 Å². The van der Waals surface area contributed by atoms with E-state index in [9.17, 15) is 4.79 Å². The highest BCUT2D eigenvalue weighted by atomic mass is 16.4. The summed E-state index contributed by atoms with van der Waals surface area (Å²) >= 11 is 0. The fourth-order valence-electron chi connectivity index (χ4n) is 1.87. The third-order valence-corrected chi connectivity index (χ3v) is 2.84. The van der Waals surface area contributed by atoms with Crippen molar-refractivity contribution in [3.63, 3.8) is 0 Å². The molecule has 3 aromatic rings. The number of anilines is 1. The first-order chi connectivity index (χ1) is 10.6. The molecule has 0 radical (unpaired) electrons. The van der Waals surface area contributed by atoms with Gasteiger partial charge in [0.1, 0.15) is 5.76 Å². The maximum atomic E-state index is 11.3. The number of hydrogen-bond acceptors (Lipinski definition) is 5. The Hall–Kier alpha value is -2.80. The lowest BCUT2D eigenvalue weighted by atomic mass is 10.1. The van der Waals surface area contributed by atoms with Gasteiger partial charge in [0.05, 0.1) is 5.52 Å². The number of amides is 1. The summed E-state index contributed by atoms with van der Waals surface area (Å²) in [4.78, 5) is 11.3. The lowest BCUT2D eigenvalue weighted by Crippen LogP contribution is -2.29. The summed E-state index contributed by atoms with van der Waals surface area (Å²) in [6.07, 6.45) is 1.25. The molecule has 7 nitrogen and oxygen atoms in total. The van der Waals surface area contributed by atoms with Crippen LogP contribution < -0.4 is 17.0 Å². The lowest BCUT2D eigenvalue weighted by molar-refractivity contribution is 0.0927. The standard InChI is InChI=1S/C12H11N5O2.C3H8/c13-11-7-5-6(1-2-8(7)16-17-11)9-3-4-10(19-9)12(18)15-14;1-3-2/h1-5H,14H2,(H,15,18)(H3,13,16,17);3H2,1-2H3. The Balaban J connectivity index is 0.000000545. The maximum Gasteiger partial charge on any atom is 0.300 e. The van der Waals surface area contributed by atoms with E-state index in [1.807, 2.05) is 23.6 Å². The number of aromatic amines is 1. The average molecular weight is 301 g/mol. The number of nitrogens with zero attached hydrogens (tertiary/aromatic N) is 1. The van der Waals surface area contributed by atoms with Crippen LogP contribution in [0.3, 0.4) is 0 Å². The predicted octanol–water partition coefficient (Wildman–Crippen LogP) is 2.42. The van der Waals surface area contributed by atoms with Crippen LogP contribution in [0.15, 0.2) is 34.7 Å². The molecular formula is C15H19N5O2. The average Bonchev–Trinajstić information content (AvgIpc) is 3.15. The van der Waals surface area contributed by atoms with Gasteiger partial charge in [-0.05, 0) is 30.3 Å². The van der Waals surface area contributed by atoms with Crippen LogP contribution in [0.4, 0.5) is 5.82 Å². The molecule has 0 bridgehead atoms. The number of fused-ring (bicyclic) bond motifs is 1. The van der Waals surface area contributed by atoms with E-state index >= 15 is 0 Å². The molecule has 116 valence electrons. The van der Waals surface area contributed by atoms with Gasteiger partial charge in [-0.2, -0.15) is 5.10 Å². The first kappa shape index (κ1) is 15.6. The molecule has 0 fully saturated rings. The van der Waals surface area contributed by atoms with E-state index in [1.54, 1.807) is 12.1 Å². The lowest BCUT2D eigenvalue weighted by Gasteiger charge is -1.98. The van der Waals surface area contributed by atoms with Crippen molar-refractivity contribution in [2.75, 3.05) is 5.73 Å². The van der Waals surface area contributed by atoms with E-state index in [0.29, 0.717) is 11.6 Å². The van der Waals surface area contributed by atoms with E-state index in [-0.39, 0.29) is 5.76 Å². The molecule has 0 spiro atoms. The van der Waals surface area contributed by atoms with Crippen LogP contribution in [0.25, 0.3) is 22.2 Å². The second-order valence-corrected chi connectivity index (χ2v) is 4.71. The first-order valence-corrected chi connectivity index (χ1v) is 6.95. The highest BCUT2D eigenvalue weighted by molar-refractivity contribution is 5.93. The number of hydrogen-bond donors (Lipinski definition) is 4. The minimum atomic E-state index is -0.477. The van der Waals surface area contributed by atoms with Gasteiger partial charge in [0.25, 0.3) is 0 Å². The van der Waals surface area contributed by atoms with Gasteiger partial charge < -0.3 is 10.2 Å². The summed E-state index contributed by atoms with van der Waals surface area (Å²) in [5.74, 6) is 5.69. The zero-order chi connectivity index (χ0) is 16.1. The van der Waals surface area contributed by atoms with Gasteiger partial charge in [-0.3, -0.25) is 15.3 Å². The minimum absolute atomic E-state index is 0.151. The molecule has 0 aliphatic rings. The number of carbonyl (C=O) groups excluding carboxylic acids is 1. The molecule has 2 aromatic heterocycles. The van der Waals surface area contributed by atoms with E-state index in [2.05, 4.69) is 24.0 Å². The highest BCUT2D eigenvalue weighted by Crippen LogP contribution is 2.27. The Kier molecular flexibility index (Phi) is 4.80. The molecule has 1 amide bonds. The Morgan fingerprint density at radius 2 is 2.05 bits per heavy atom. The van der Waals surface area contributed by atoms with Crippen LogP contribution in [-0.2, 0) is 0 Å². The minimum Gasteiger partial charge on any atom is -0.451 e. The van der Waals surface area contributed by atoms with Crippen molar-refractivity contribution in [3.8, 4) is 11.3 Å². The van der Waals surface area contributed by atoms with Crippen LogP contribution >= 0.6 is 0 Å². The maximum absolute atomic E-state index is 11.3. The second-order valence-electron chi connectivity index (χ2n) is 4.71. The molecule has 0 saturated heterocycles. The van der Waals surface area contributed by atoms with Gasteiger partial charge in [-0.25, -0.2) is 5.84 Å². The number of H-pyrrole nitrogens is 1. The Morgan fingerprint density at radius 3 is 2.73 bits per heavy atom. The number of furan rings is 1. The summed E-state index contributed by atoms with van der Waals surface area (Å²) in [7, 11) is 0.